The standard InChI is InChI=1S/C17H22FN3/c1-3-11-19-17-10-9-14(12-20-17)13-21(4-2)16-8-6-5-7-15(16)18/h5-10,12H,3-4,11,13H2,1-2H3,(H,19,20). The number of benzene rings is 1. The van der Waals surface area contributed by atoms with Gasteiger partial charge in [0.05, 0.1) is 5.69 Å². The van der Waals surface area contributed by atoms with Crippen molar-refractivity contribution >= 4 is 11.5 Å². The van der Waals surface area contributed by atoms with Crippen LogP contribution in [0.25, 0.3) is 0 Å². The average molecular weight is 287 g/mol. The Kier molecular flexibility index (Phi) is 5.55. The van der Waals surface area contributed by atoms with Crippen LogP contribution in [0.4, 0.5) is 15.9 Å². The Morgan fingerprint density at radius 1 is 1.14 bits per heavy atom. The van der Waals surface area contributed by atoms with Crippen LogP contribution in [0.5, 0.6) is 0 Å². The second-order valence-corrected chi connectivity index (χ2v) is 4.94. The molecule has 2 rings (SSSR count). The van der Waals surface area contributed by atoms with E-state index in [0.29, 0.717) is 12.2 Å². The van der Waals surface area contributed by atoms with E-state index in [1.807, 2.05) is 42.3 Å². The number of para-hydroxylation sites is 1. The van der Waals surface area contributed by atoms with E-state index in [2.05, 4.69) is 17.2 Å². The number of halogens is 1. The molecule has 21 heavy (non-hydrogen) atoms. The Morgan fingerprint density at radius 3 is 2.57 bits per heavy atom. The van der Waals surface area contributed by atoms with E-state index >= 15 is 0 Å². The smallest absolute Gasteiger partial charge is 0.146 e. The molecule has 0 atom stereocenters. The minimum Gasteiger partial charge on any atom is -0.370 e. The summed E-state index contributed by atoms with van der Waals surface area (Å²) in [5.41, 5.74) is 1.70. The van der Waals surface area contributed by atoms with Gasteiger partial charge in [-0.05, 0) is 37.1 Å². The Hall–Kier alpha value is -2.10. The van der Waals surface area contributed by atoms with Gasteiger partial charge in [0.25, 0.3) is 0 Å². The maximum absolute atomic E-state index is 13.9. The molecule has 0 amide bonds. The summed E-state index contributed by atoms with van der Waals surface area (Å²) in [6, 6.07) is 10.9. The summed E-state index contributed by atoms with van der Waals surface area (Å²) >= 11 is 0. The lowest BCUT2D eigenvalue weighted by atomic mass is 10.2. The molecular formula is C17H22FN3. The van der Waals surface area contributed by atoms with Gasteiger partial charge < -0.3 is 10.2 Å². The summed E-state index contributed by atoms with van der Waals surface area (Å²) in [5, 5.41) is 3.24. The van der Waals surface area contributed by atoms with Crippen LogP contribution >= 0.6 is 0 Å². The number of hydrogen-bond acceptors (Lipinski definition) is 3. The van der Waals surface area contributed by atoms with Gasteiger partial charge in [-0.1, -0.05) is 25.1 Å². The van der Waals surface area contributed by atoms with Crippen LogP contribution in [0.2, 0.25) is 0 Å². The highest BCUT2D eigenvalue weighted by molar-refractivity contribution is 5.48. The number of nitrogens with zero attached hydrogens (tertiary/aromatic N) is 2. The zero-order chi connectivity index (χ0) is 15.1. The number of aromatic nitrogens is 1. The fourth-order valence-corrected chi connectivity index (χ4v) is 2.17. The van der Waals surface area contributed by atoms with Gasteiger partial charge in [-0.25, -0.2) is 9.37 Å². The highest BCUT2D eigenvalue weighted by atomic mass is 19.1. The van der Waals surface area contributed by atoms with Crippen molar-refractivity contribution in [3.63, 3.8) is 0 Å². The van der Waals surface area contributed by atoms with Gasteiger partial charge in [-0.3, -0.25) is 0 Å². The van der Waals surface area contributed by atoms with E-state index in [9.17, 15) is 4.39 Å². The molecule has 1 aromatic carbocycles. The molecule has 0 aliphatic rings. The quantitative estimate of drug-likeness (QED) is 0.832. The highest BCUT2D eigenvalue weighted by Gasteiger charge is 2.10. The van der Waals surface area contributed by atoms with Gasteiger partial charge in [0.2, 0.25) is 0 Å². The first-order valence-corrected chi connectivity index (χ1v) is 7.42. The van der Waals surface area contributed by atoms with Crippen molar-refractivity contribution in [1.29, 1.82) is 0 Å². The molecule has 0 saturated carbocycles. The third-order valence-electron chi connectivity index (χ3n) is 3.33. The highest BCUT2D eigenvalue weighted by Crippen LogP contribution is 2.20. The van der Waals surface area contributed by atoms with Crippen molar-refractivity contribution in [3.8, 4) is 0 Å². The van der Waals surface area contributed by atoms with Crippen molar-refractivity contribution in [3.05, 3.63) is 54.0 Å². The molecule has 3 nitrogen and oxygen atoms in total. The monoisotopic (exact) mass is 287 g/mol. The lowest BCUT2D eigenvalue weighted by Gasteiger charge is -2.23. The summed E-state index contributed by atoms with van der Waals surface area (Å²) in [5.74, 6) is 0.697. The molecule has 112 valence electrons. The molecule has 1 N–H and O–H groups in total. The third kappa shape index (κ3) is 4.18. The predicted octanol–water partition coefficient (Wildman–Crippen LogP) is 4.07. The molecule has 0 aliphatic heterocycles. The van der Waals surface area contributed by atoms with Gasteiger partial charge in [-0.15, -0.1) is 0 Å². The second-order valence-electron chi connectivity index (χ2n) is 4.94. The first-order chi connectivity index (χ1) is 10.2. The first kappa shape index (κ1) is 15.3. The lowest BCUT2D eigenvalue weighted by Crippen LogP contribution is -2.23. The molecular weight excluding hydrogens is 265 g/mol. The fourth-order valence-electron chi connectivity index (χ4n) is 2.17. The molecule has 1 heterocycles. The average Bonchev–Trinajstić information content (AvgIpc) is 2.52. The lowest BCUT2D eigenvalue weighted by molar-refractivity contribution is 0.618. The zero-order valence-electron chi connectivity index (χ0n) is 12.6. The first-order valence-electron chi connectivity index (χ1n) is 7.42. The van der Waals surface area contributed by atoms with Crippen LogP contribution in [-0.2, 0) is 6.54 Å². The Labute approximate surface area is 125 Å². The molecule has 0 unspecified atom stereocenters. The van der Waals surface area contributed by atoms with Crippen LogP contribution in [0.15, 0.2) is 42.6 Å². The number of anilines is 2. The third-order valence-corrected chi connectivity index (χ3v) is 3.33. The summed E-state index contributed by atoms with van der Waals surface area (Å²) in [7, 11) is 0. The summed E-state index contributed by atoms with van der Waals surface area (Å²) in [6.07, 6.45) is 2.92. The number of rotatable bonds is 7. The summed E-state index contributed by atoms with van der Waals surface area (Å²) in [6.45, 7) is 6.46. The van der Waals surface area contributed by atoms with E-state index in [1.54, 1.807) is 6.07 Å². The number of nitrogens with one attached hydrogen (secondary N) is 1. The van der Waals surface area contributed by atoms with Crippen LogP contribution in [-0.4, -0.2) is 18.1 Å². The Morgan fingerprint density at radius 2 is 1.95 bits per heavy atom. The summed E-state index contributed by atoms with van der Waals surface area (Å²) < 4.78 is 13.9. The van der Waals surface area contributed by atoms with Crippen molar-refractivity contribution in [2.75, 3.05) is 23.3 Å². The molecule has 0 bridgehead atoms. The topological polar surface area (TPSA) is 28.2 Å². The molecule has 1 aromatic heterocycles. The van der Waals surface area contributed by atoms with Crippen LogP contribution in [0.1, 0.15) is 25.8 Å². The second kappa shape index (κ2) is 7.62. The van der Waals surface area contributed by atoms with E-state index in [4.69, 9.17) is 0 Å². The fraction of sp³-hybridized carbons (Fsp3) is 0.353. The molecule has 0 aliphatic carbocycles. The van der Waals surface area contributed by atoms with Crippen molar-refractivity contribution in [2.45, 2.75) is 26.8 Å². The Bertz CT molecular complexity index is 554. The van der Waals surface area contributed by atoms with Crippen LogP contribution in [0, 0.1) is 5.82 Å². The maximum Gasteiger partial charge on any atom is 0.146 e. The minimum absolute atomic E-state index is 0.187. The van der Waals surface area contributed by atoms with Gasteiger partial charge in [0.15, 0.2) is 0 Å². The van der Waals surface area contributed by atoms with E-state index in [0.717, 1.165) is 30.9 Å². The summed E-state index contributed by atoms with van der Waals surface area (Å²) in [4.78, 5) is 6.39. The predicted molar refractivity (Wildman–Crippen MR) is 86.1 cm³/mol. The van der Waals surface area contributed by atoms with Gasteiger partial charge in [0, 0.05) is 25.8 Å². The molecule has 0 saturated heterocycles. The van der Waals surface area contributed by atoms with Crippen molar-refractivity contribution in [2.24, 2.45) is 0 Å². The number of hydrogen-bond donors (Lipinski definition) is 1. The molecule has 2 aromatic rings. The molecule has 0 fully saturated rings. The van der Waals surface area contributed by atoms with E-state index in [1.165, 1.54) is 6.07 Å². The van der Waals surface area contributed by atoms with Crippen LogP contribution < -0.4 is 10.2 Å². The zero-order valence-corrected chi connectivity index (χ0v) is 12.6. The van der Waals surface area contributed by atoms with Gasteiger partial charge in [0.1, 0.15) is 11.6 Å². The van der Waals surface area contributed by atoms with E-state index < -0.39 is 0 Å². The van der Waals surface area contributed by atoms with Crippen molar-refractivity contribution < 1.29 is 4.39 Å². The van der Waals surface area contributed by atoms with Crippen LogP contribution in [0.3, 0.4) is 0 Å². The largest absolute Gasteiger partial charge is 0.370 e. The minimum atomic E-state index is -0.187. The molecule has 0 radical (unpaired) electrons. The SMILES string of the molecule is CCCNc1ccc(CN(CC)c2ccccc2F)cn1. The maximum atomic E-state index is 13.9. The Balaban J connectivity index is 2.07. The normalized spacial score (nSPS) is 10.4. The van der Waals surface area contributed by atoms with Crippen molar-refractivity contribution in [1.82, 2.24) is 4.98 Å². The molecule has 0 spiro atoms. The van der Waals surface area contributed by atoms with Gasteiger partial charge in [-0.2, -0.15) is 0 Å². The van der Waals surface area contributed by atoms with Gasteiger partial charge >= 0.3 is 0 Å². The van der Waals surface area contributed by atoms with E-state index in [-0.39, 0.29) is 5.82 Å². The molecule has 4 heteroatoms. The number of pyridine rings is 1.